The molecule has 5 nitrogen and oxygen atoms in total. The Labute approximate surface area is 149 Å². The van der Waals surface area contributed by atoms with Crippen molar-refractivity contribution in [2.24, 2.45) is 5.92 Å². The minimum Gasteiger partial charge on any atom is -0.497 e. The van der Waals surface area contributed by atoms with E-state index in [0.717, 1.165) is 37.7 Å². The van der Waals surface area contributed by atoms with Crippen LogP contribution in [0, 0.1) is 5.92 Å². The lowest BCUT2D eigenvalue weighted by molar-refractivity contribution is 0.147. The van der Waals surface area contributed by atoms with Crippen LogP contribution in [0.15, 0.2) is 42.7 Å². The van der Waals surface area contributed by atoms with Crippen LogP contribution in [0.4, 0.5) is 0 Å². The van der Waals surface area contributed by atoms with Gasteiger partial charge in [0.1, 0.15) is 11.5 Å². The molecule has 2 heterocycles. The van der Waals surface area contributed by atoms with Crippen molar-refractivity contribution in [1.29, 1.82) is 0 Å². The quantitative estimate of drug-likeness (QED) is 0.774. The second-order valence-corrected chi connectivity index (χ2v) is 6.47. The Balaban J connectivity index is 1.76. The van der Waals surface area contributed by atoms with Crippen LogP contribution in [-0.2, 0) is 11.3 Å². The molecule has 1 fully saturated rings. The molecule has 2 aromatic rings. The normalized spacial score (nSPS) is 20.6. The van der Waals surface area contributed by atoms with Gasteiger partial charge in [0.25, 0.3) is 0 Å². The molecule has 25 heavy (non-hydrogen) atoms. The van der Waals surface area contributed by atoms with Gasteiger partial charge in [0, 0.05) is 62.6 Å². The minimum atomic E-state index is 0.465. The molecule has 0 radical (unpaired) electrons. The number of nitrogens with zero attached hydrogens (tertiary/aromatic N) is 2. The Hall–Kier alpha value is -2.11. The molecule has 5 heteroatoms. The molecule has 0 saturated carbocycles. The van der Waals surface area contributed by atoms with E-state index in [-0.39, 0.29) is 0 Å². The van der Waals surface area contributed by atoms with Crippen LogP contribution in [0.2, 0.25) is 0 Å². The van der Waals surface area contributed by atoms with E-state index in [1.807, 2.05) is 24.5 Å². The summed E-state index contributed by atoms with van der Waals surface area (Å²) in [7, 11) is 5.15. The highest BCUT2D eigenvalue weighted by atomic mass is 16.5. The fourth-order valence-corrected chi connectivity index (χ4v) is 3.68. The van der Waals surface area contributed by atoms with E-state index in [0.29, 0.717) is 11.8 Å². The van der Waals surface area contributed by atoms with E-state index in [4.69, 9.17) is 14.2 Å². The first-order valence-electron chi connectivity index (χ1n) is 8.57. The lowest BCUT2D eigenvalue weighted by Crippen LogP contribution is -2.21. The van der Waals surface area contributed by atoms with Crippen molar-refractivity contribution in [1.82, 2.24) is 9.88 Å². The van der Waals surface area contributed by atoms with Gasteiger partial charge < -0.3 is 14.2 Å². The van der Waals surface area contributed by atoms with Crippen LogP contribution < -0.4 is 9.47 Å². The summed E-state index contributed by atoms with van der Waals surface area (Å²) < 4.78 is 16.3. The number of benzene rings is 1. The van der Waals surface area contributed by atoms with Gasteiger partial charge in [0.05, 0.1) is 20.8 Å². The third kappa shape index (κ3) is 4.11. The van der Waals surface area contributed by atoms with Gasteiger partial charge in [-0.1, -0.05) is 6.07 Å². The summed E-state index contributed by atoms with van der Waals surface area (Å²) in [5.41, 5.74) is 2.51. The number of hydrogen-bond donors (Lipinski definition) is 0. The monoisotopic (exact) mass is 342 g/mol. The number of pyridine rings is 1. The topological polar surface area (TPSA) is 43.8 Å². The summed E-state index contributed by atoms with van der Waals surface area (Å²) >= 11 is 0. The van der Waals surface area contributed by atoms with E-state index in [1.54, 1.807) is 21.3 Å². The van der Waals surface area contributed by atoms with Gasteiger partial charge in [0.15, 0.2) is 0 Å². The molecule has 1 saturated heterocycles. The first-order valence-corrected chi connectivity index (χ1v) is 8.57. The number of aromatic nitrogens is 1. The molecule has 0 aliphatic carbocycles. The van der Waals surface area contributed by atoms with Crippen LogP contribution in [0.1, 0.15) is 17.0 Å². The summed E-state index contributed by atoms with van der Waals surface area (Å²) in [6, 6.07) is 10.2. The second kappa shape index (κ2) is 8.32. The highest BCUT2D eigenvalue weighted by Crippen LogP contribution is 2.35. The number of hydrogen-bond acceptors (Lipinski definition) is 5. The zero-order valence-electron chi connectivity index (χ0n) is 15.1. The van der Waals surface area contributed by atoms with Crippen molar-refractivity contribution in [2.45, 2.75) is 12.5 Å². The van der Waals surface area contributed by atoms with Crippen LogP contribution >= 0.6 is 0 Å². The zero-order chi connectivity index (χ0) is 17.6. The molecule has 1 aliphatic heterocycles. The van der Waals surface area contributed by atoms with Crippen LogP contribution in [0.3, 0.4) is 0 Å². The molecule has 0 amide bonds. The van der Waals surface area contributed by atoms with Crippen molar-refractivity contribution in [3.05, 3.63) is 53.9 Å². The van der Waals surface area contributed by atoms with Gasteiger partial charge in [-0.3, -0.25) is 9.88 Å². The van der Waals surface area contributed by atoms with Gasteiger partial charge in [-0.25, -0.2) is 0 Å². The standard InChI is InChI=1S/C20H26N2O3/c1-23-14-17-12-22(13-19(17)15-6-8-21-9-7-15)11-16-4-5-18(24-2)10-20(16)25-3/h4-10,17,19H,11-14H2,1-3H3/t17-,19-/m0/s1. The van der Waals surface area contributed by atoms with Gasteiger partial charge in [-0.15, -0.1) is 0 Å². The average Bonchev–Trinajstić information content (AvgIpc) is 3.05. The van der Waals surface area contributed by atoms with Crippen molar-refractivity contribution in [3.63, 3.8) is 0 Å². The summed E-state index contributed by atoms with van der Waals surface area (Å²) in [4.78, 5) is 6.61. The SMILES string of the molecule is COC[C@@H]1CN(Cc2ccc(OC)cc2OC)C[C@H]1c1ccncc1. The maximum absolute atomic E-state index is 5.54. The molecule has 134 valence electrons. The van der Waals surface area contributed by atoms with E-state index in [9.17, 15) is 0 Å². The van der Waals surface area contributed by atoms with Crippen molar-refractivity contribution in [3.8, 4) is 11.5 Å². The number of ether oxygens (including phenoxy) is 3. The van der Waals surface area contributed by atoms with E-state index < -0.39 is 0 Å². The molecule has 1 aromatic heterocycles. The summed E-state index contributed by atoms with van der Waals surface area (Å²) in [5.74, 6) is 2.63. The Morgan fingerprint density at radius 3 is 2.52 bits per heavy atom. The third-order valence-corrected chi connectivity index (χ3v) is 4.92. The van der Waals surface area contributed by atoms with Crippen molar-refractivity contribution in [2.75, 3.05) is 41.0 Å². The fourth-order valence-electron chi connectivity index (χ4n) is 3.68. The van der Waals surface area contributed by atoms with Crippen molar-refractivity contribution < 1.29 is 14.2 Å². The molecule has 3 rings (SSSR count). The molecule has 0 spiro atoms. The molecule has 0 unspecified atom stereocenters. The predicted molar refractivity (Wildman–Crippen MR) is 97.2 cm³/mol. The fraction of sp³-hybridized carbons (Fsp3) is 0.450. The smallest absolute Gasteiger partial charge is 0.127 e. The lowest BCUT2D eigenvalue weighted by atomic mass is 9.90. The van der Waals surface area contributed by atoms with Gasteiger partial charge in [0.2, 0.25) is 0 Å². The minimum absolute atomic E-state index is 0.465. The molecule has 1 aromatic carbocycles. The summed E-state index contributed by atoms with van der Waals surface area (Å²) in [5, 5.41) is 0. The molecule has 1 aliphatic rings. The van der Waals surface area contributed by atoms with Gasteiger partial charge >= 0.3 is 0 Å². The molecular formula is C20H26N2O3. The van der Waals surface area contributed by atoms with Gasteiger partial charge in [-0.05, 0) is 23.8 Å². The van der Waals surface area contributed by atoms with Crippen LogP contribution in [0.5, 0.6) is 11.5 Å². The first kappa shape index (κ1) is 17.7. The predicted octanol–water partition coefficient (Wildman–Crippen LogP) is 2.96. The lowest BCUT2D eigenvalue weighted by Gasteiger charge is -2.18. The number of likely N-dealkylation sites (tertiary alicyclic amines) is 1. The molecule has 0 bridgehead atoms. The summed E-state index contributed by atoms with van der Waals surface area (Å²) in [6.07, 6.45) is 3.74. The van der Waals surface area contributed by atoms with E-state index >= 15 is 0 Å². The zero-order valence-corrected chi connectivity index (χ0v) is 15.1. The summed E-state index contributed by atoms with van der Waals surface area (Å²) in [6.45, 7) is 3.64. The maximum atomic E-state index is 5.54. The van der Waals surface area contributed by atoms with Crippen LogP contribution in [-0.4, -0.2) is 50.9 Å². The first-order chi connectivity index (χ1) is 12.2. The highest BCUT2D eigenvalue weighted by molar-refractivity contribution is 5.40. The van der Waals surface area contributed by atoms with E-state index in [2.05, 4.69) is 28.1 Å². The maximum Gasteiger partial charge on any atom is 0.127 e. The highest BCUT2D eigenvalue weighted by Gasteiger charge is 2.34. The molecular weight excluding hydrogens is 316 g/mol. The molecule has 0 N–H and O–H groups in total. The average molecular weight is 342 g/mol. The number of rotatable bonds is 7. The van der Waals surface area contributed by atoms with Crippen molar-refractivity contribution >= 4 is 0 Å². The Morgan fingerprint density at radius 2 is 1.84 bits per heavy atom. The van der Waals surface area contributed by atoms with Gasteiger partial charge in [-0.2, -0.15) is 0 Å². The largest absolute Gasteiger partial charge is 0.497 e. The van der Waals surface area contributed by atoms with E-state index in [1.165, 1.54) is 11.1 Å². The third-order valence-electron chi connectivity index (χ3n) is 4.92. The Kier molecular flexibility index (Phi) is 5.89. The Morgan fingerprint density at radius 1 is 1.04 bits per heavy atom. The second-order valence-electron chi connectivity index (χ2n) is 6.47. The van der Waals surface area contributed by atoms with Crippen LogP contribution in [0.25, 0.3) is 0 Å². The Bertz CT molecular complexity index is 678. The number of methoxy groups -OCH3 is 3. The molecule has 2 atom stereocenters.